The number of aryl methyl sites for hydroxylation is 2. The van der Waals surface area contributed by atoms with Crippen molar-refractivity contribution < 1.29 is 9.84 Å². The molecule has 0 aliphatic heterocycles. The summed E-state index contributed by atoms with van der Waals surface area (Å²) in [5.41, 5.74) is 4.45. The van der Waals surface area contributed by atoms with Crippen LogP contribution in [-0.4, -0.2) is 22.0 Å². The molecule has 0 unspecified atom stereocenters. The Kier molecular flexibility index (Phi) is 4.24. The Hall–Kier alpha value is -1.36. The van der Waals surface area contributed by atoms with Gasteiger partial charge in [-0.05, 0) is 25.5 Å². The Morgan fingerprint density at radius 3 is 2.68 bits per heavy atom. The summed E-state index contributed by atoms with van der Waals surface area (Å²) in [6.07, 6.45) is 0. The first kappa shape index (κ1) is 14.1. The minimum atomic E-state index is -0.150. The van der Waals surface area contributed by atoms with E-state index in [4.69, 9.17) is 16.3 Å². The number of benzene rings is 1. The maximum absolute atomic E-state index is 9.41. The molecule has 1 N–H and O–H groups in total. The monoisotopic (exact) mass is 280 g/mol. The van der Waals surface area contributed by atoms with Gasteiger partial charge in [0.05, 0.1) is 24.6 Å². The van der Waals surface area contributed by atoms with Crippen LogP contribution in [-0.2, 0) is 18.0 Å². The lowest BCUT2D eigenvalue weighted by Gasteiger charge is -2.08. The molecular formula is C14H17ClN2O2. The van der Waals surface area contributed by atoms with Crippen molar-refractivity contribution in [2.24, 2.45) is 0 Å². The molecule has 0 aliphatic rings. The van der Waals surface area contributed by atoms with Crippen LogP contribution in [0.5, 0.6) is 0 Å². The zero-order valence-electron chi connectivity index (χ0n) is 11.3. The second kappa shape index (κ2) is 5.74. The highest BCUT2D eigenvalue weighted by Crippen LogP contribution is 2.26. The summed E-state index contributed by atoms with van der Waals surface area (Å²) >= 11 is 6.30. The van der Waals surface area contributed by atoms with E-state index < -0.39 is 0 Å². The van der Waals surface area contributed by atoms with Crippen molar-refractivity contribution in [1.29, 1.82) is 0 Å². The largest absolute Gasteiger partial charge is 0.391 e. The number of rotatable bonds is 4. The number of hydrogen-bond acceptors (Lipinski definition) is 3. The van der Waals surface area contributed by atoms with Gasteiger partial charge in [-0.2, -0.15) is 5.10 Å². The summed E-state index contributed by atoms with van der Waals surface area (Å²) in [7, 11) is 1.59. The number of hydrogen-bond donors (Lipinski definition) is 1. The van der Waals surface area contributed by atoms with E-state index in [0.29, 0.717) is 23.0 Å². The fraction of sp³-hybridized carbons (Fsp3) is 0.357. The van der Waals surface area contributed by atoms with Crippen LogP contribution in [0.15, 0.2) is 18.2 Å². The van der Waals surface area contributed by atoms with Gasteiger partial charge in [0.25, 0.3) is 0 Å². The van der Waals surface area contributed by atoms with Crippen molar-refractivity contribution in [3.05, 3.63) is 45.7 Å². The van der Waals surface area contributed by atoms with Crippen molar-refractivity contribution >= 4 is 11.6 Å². The standard InChI is InChI=1S/C14H17ClN2O2/c1-9-4-5-13(10(2)6-9)17-14(15)11(7-18)12(16-17)8-19-3/h4-6,18H,7-8H2,1-3H3. The van der Waals surface area contributed by atoms with Crippen LogP contribution in [0, 0.1) is 13.8 Å². The average Bonchev–Trinajstić information content (AvgIpc) is 2.66. The molecule has 0 radical (unpaired) electrons. The maximum Gasteiger partial charge on any atom is 0.138 e. The van der Waals surface area contributed by atoms with E-state index in [1.54, 1.807) is 11.8 Å². The topological polar surface area (TPSA) is 47.3 Å². The van der Waals surface area contributed by atoms with Crippen molar-refractivity contribution in [3.63, 3.8) is 0 Å². The van der Waals surface area contributed by atoms with E-state index in [9.17, 15) is 5.11 Å². The predicted molar refractivity (Wildman–Crippen MR) is 74.7 cm³/mol. The van der Waals surface area contributed by atoms with E-state index in [1.165, 1.54) is 5.56 Å². The van der Waals surface area contributed by atoms with Gasteiger partial charge < -0.3 is 9.84 Å². The molecule has 0 fully saturated rings. The fourth-order valence-electron chi connectivity index (χ4n) is 2.08. The molecule has 2 rings (SSSR count). The molecule has 4 nitrogen and oxygen atoms in total. The van der Waals surface area contributed by atoms with Crippen molar-refractivity contribution in [2.75, 3.05) is 7.11 Å². The second-order valence-electron chi connectivity index (χ2n) is 4.51. The number of aliphatic hydroxyl groups is 1. The molecule has 102 valence electrons. The lowest BCUT2D eigenvalue weighted by Crippen LogP contribution is -2.00. The van der Waals surface area contributed by atoms with Gasteiger partial charge in [-0.3, -0.25) is 0 Å². The maximum atomic E-state index is 9.41. The summed E-state index contributed by atoms with van der Waals surface area (Å²) in [5.74, 6) is 0. The van der Waals surface area contributed by atoms with Gasteiger partial charge in [-0.15, -0.1) is 0 Å². The van der Waals surface area contributed by atoms with E-state index in [0.717, 1.165) is 11.3 Å². The summed E-state index contributed by atoms with van der Waals surface area (Å²) in [6.45, 7) is 4.22. The molecule has 0 saturated carbocycles. The van der Waals surface area contributed by atoms with Crippen molar-refractivity contribution in [2.45, 2.75) is 27.1 Å². The lowest BCUT2D eigenvalue weighted by molar-refractivity contribution is 0.178. The Balaban J connectivity index is 2.56. The van der Waals surface area contributed by atoms with Crippen LogP contribution in [0.4, 0.5) is 0 Å². The van der Waals surface area contributed by atoms with Gasteiger partial charge in [0.15, 0.2) is 0 Å². The normalized spacial score (nSPS) is 11.0. The van der Waals surface area contributed by atoms with Crippen LogP contribution in [0.1, 0.15) is 22.4 Å². The molecule has 2 aromatic rings. The van der Waals surface area contributed by atoms with Crippen molar-refractivity contribution in [1.82, 2.24) is 9.78 Å². The molecule has 0 atom stereocenters. The summed E-state index contributed by atoms with van der Waals surface area (Å²) in [6, 6.07) is 6.05. The number of nitrogens with zero attached hydrogens (tertiary/aromatic N) is 2. The number of aliphatic hydroxyl groups excluding tert-OH is 1. The number of ether oxygens (including phenoxy) is 1. The predicted octanol–water partition coefficient (Wildman–Crippen LogP) is 2.78. The van der Waals surface area contributed by atoms with E-state index in [1.807, 2.05) is 26.0 Å². The first-order valence-corrected chi connectivity index (χ1v) is 6.40. The summed E-state index contributed by atoms with van der Waals surface area (Å²) in [4.78, 5) is 0. The SMILES string of the molecule is COCc1nn(-c2ccc(C)cc2C)c(Cl)c1CO. The zero-order chi connectivity index (χ0) is 14.0. The zero-order valence-corrected chi connectivity index (χ0v) is 12.0. The minimum absolute atomic E-state index is 0.150. The lowest BCUT2D eigenvalue weighted by atomic mass is 10.1. The summed E-state index contributed by atoms with van der Waals surface area (Å²) < 4.78 is 6.73. The molecule has 5 heteroatoms. The Morgan fingerprint density at radius 1 is 1.37 bits per heavy atom. The third kappa shape index (κ3) is 2.66. The first-order valence-electron chi connectivity index (χ1n) is 6.02. The van der Waals surface area contributed by atoms with Crippen LogP contribution < -0.4 is 0 Å². The minimum Gasteiger partial charge on any atom is -0.391 e. The smallest absolute Gasteiger partial charge is 0.138 e. The van der Waals surface area contributed by atoms with Crippen LogP contribution in [0.2, 0.25) is 5.15 Å². The molecule has 0 amide bonds. The molecule has 0 aliphatic carbocycles. The number of aromatic nitrogens is 2. The molecule has 0 saturated heterocycles. The molecule has 1 aromatic heterocycles. The Bertz CT molecular complexity index is 593. The molecule has 1 heterocycles. The Labute approximate surface area is 117 Å². The second-order valence-corrected chi connectivity index (χ2v) is 4.87. The fourth-order valence-corrected chi connectivity index (χ4v) is 2.38. The molecule has 0 bridgehead atoms. The Morgan fingerprint density at radius 2 is 2.11 bits per heavy atom. The quantitative estimate of drug-likeness (QED) is 0.937. The van der Waals surface area contributed by atoms with Gasteiger partial charge >= 0.3 is 0 Å². The average molecular weight is 281 g/mol. The first-order chi connectivity index (χ1) is 9.08. The van der Waals surface area contributed by atoms with E-state index in [2.05, 4.69) is 11.2 Å². The van der Waals surface area contributed by atoms with Crippen molar-refractivity contribution in [3.8, 4) is 5.69 Å². The van der Waals surface area contributed by atoms with Crippen LogP contribution >= 0.6 is 11.6 Å². The third-order valence-corrected chi connectivity index (χ3v) is 3.41. The summed E-state index contributed by atoms with van der Waals surface area (Å²) in [5, 5.41) is 14.3. The van der Waals surface area contributed by atoms with Gasteiger partial charge in [0, 0.05) is 12.7 Å². The number of halogens is 1. The van der Waals surface area contributed by atoms with E-state index in [-0.39, 0.29) is 6.61 Å². The van der Waals surface area contributed by atoms with Gasteiger partial charge in [0.1, 0.15) is 5.15 Å². The van der Waals surface area contributed by atoms with E-state index >= 15 is 0 Å². The van der Waals surface area contributed by atoms with Gasteiger partial charge in [0.2, 0.25) is 0 Å². The van der Waals surface area contributed by atoms with Gasteiger partial charge in [-0.25, -0.2) is 4.68 Å². The molecule has 19 heavy (non-hydrogen) atoms. The van der Waals surface area contributed by atoms with Gasteiger partial charge in [-0.1, -0.05) is 29.3 Å². The molecule has 1 aromatic carbocycles. The molecular weight excluding hydrogens is 264 g/mol. The molecule has 0 spiro atoms. The van der Waals surface area contributed by atoms with Crippen LogP contribution in [0.3, 0.4) is 0 Å². The third-order valence-electron chi connectivity index (χ3n) is 3.02. The number of methoxy groups -OCH3 is 1. The highest BCUT2D eigenvalue weighted by molar-refractivity contribution is 6.30. The highest BCUT2D eigenvalue weighted by atomic mass is 35.5. The highest BCUT2D eigenvalue weighted by Gasteiger charge is 2.17. The van der Waals surface area contributed by atoms with Crippen LogP contribution in [0.25, 0.3) is 5.69 Å².